The maximum absolute atomic E-state index is 4.45. The van der Waals surface area contributed by atoms with Crippen molar-refractivity contribution in [3.05, 3.63) is 101 Å². The summed E-state index contributed by atoms with van der Waals surface area (Å²) < 4.78 is 1.07. The molecule has 0 aliphatic carbocycles. The van der Waals surface area contributed by atoms with Crippen LogP contribution in [0.15, 0.2) is 95.9 Å². The molecule has 26 heavy (non-hydrogen) atoms. The van der Waals surface area contributed by atoms with Crippen LogP contribution in [0.4, 0.5) is 11.6 Å². The van der Waals surface area contributed by atoms with Crippen LogP contribution in [0.2, 0.25) is 0 Å². The second-order valence-corrected chi connectivity index (χ2v) is 6.61. The van der Waals surface area contributed by atoms with Crippen LogP contribution in [-0.2, 0) is 0 Å². The van der Waals surface area contributed by atoms with Gasteiger partial charge in [0, 0.05) is 28.5 Å². The number of benzene rings is 3. The van der Waals surface area contributed by atoms with Gasteiger partial charge < -0.3 is 0 Å². The monoisotopic (exact) mass is 401 g/mol. The van der Waals surface area contributed by atoms with E-state index in [2.05, 4.69) is 68.4 Å². The van der Waals surface area contributed by atoms with Gasteiger partial charge in [0.1, 0.15) is 0 Å². The molecule has 0 spiro atoms. The summed E-state index contributed by atoms with van der Waals surface area (Å²) in [4.78, 5) is 10.9. The molecule has 0 aliphatic heterocycles. The first-order valence-corrected chi connectivity index (χ1v) is 9.09. The van der Waals surface area contributed by atoms with Gasteiger partial charge in [-0.2, -0.15) is 0 Å². The lowest BCUT2D eigenvalue weighted by molar-refractivity contribution is 1.08. The van der Waals surface area contributed by atoms with Gasteiger partial charge in [-0.15, -0.1) is 0 Å². The normalized spacial score (nSPS) is 11.1. The SMILES string of the molecule is Brc1ccc(N(/C=C/c2ccccc2)c2ncccn2)c2ccccc12. The van der Waals surface area contributed by atoms with Crippen LogP contribution in [0.3, 0.4) is 0 Å². The van der Waals surface area contributed by atoms with Crippen molar-refractivity contribution >= 4 is 44.4 Å². The number of halogens is 1. The van der Waals surface area contributed by atoms with Crippen molar-refractivity contribution in [3.63, 3.8) is 0 Å². The molecular formula is C22H16BrN3. The lowest BCUT2D eigenvalue weighted by Gasteiger charge is -2.20. The van der Waals surface area contributed by atoms with Crippen LogP contribution in [0.25, 0.3) is 16.8 Å². The van der Waals surface area contributed by atoms with Crippen LogP contribution in [0.5, 0.6) is 0 Å². The maximum atomic E-state index is 4.45. The van der Waals surface area contributed by atoms with E-state index in [1.807, 2.05) is 47.5 Å². The van der Waals surface area contributed by atoms with E-state index in [1.54, 1.807) is 12.4 Å². The summed E-state index contributed by atoms with van der Waals surface area (Å²) in [6.07, 6.45) is 7.59. The smallest absolute Gasteiger partial charge is 0.234 e. The number of anilines is 2. The fraction of sp³-hybridized carbons (Fsp3) is 0. The molecule has 0 saturated carbocycles. The van der Waals surface area contributed by atoms with Gasteiger partial charge in [0.15, 0.2) is 0 Å². The Morgan fingerprint density at radius 3 is 2.19 bits per heavy atom. The van der Waals surface area contributed by atoms with Crippen molar-refractivity contribution < 1.29 is 0 Å². The predicted molar refractivity (Wildman–Crippen MR) is 111 cm³/mol. The van der Waals surface area contributed by atoms with Gasteiger partial charge >= 0.3 is 0 Å². The Morgan fingerprint density at radius 1 is 0.731 bits per heavy atom. The zero-order valence-corrected chi connectivity index (χ0v) is 15.5. The van der Waals surface area contributed by atoms with E-state index in [-0.39, 0.29) is 0 Å². The molecule has 3 aromatic carbocycles. The van der Waals surface area contributed by atoms with Gasteiger partial charge in [0.25, 0.3) is 0 Å². The maximum Gasteiger partial charge on any atom is 0.234 e. The van der Waals surface area contributed by atoms with E-state index in [1.165, 1.54) is 0 Å². The molecule has 0 saturated heterocycles. The Morgan fingerprint density at radius 2 is 1.42 bits per heavy atom. The molecule has 0 N–H and O–H groups in total. The minimum atomic E-state index is 0.632. The number of hydrogen-bond acceptors (Lipinski definition) is 3. The first kappa shape index (κ1) is 16.5. The van der Waals surface area contributed by atoms with E-state index >= 15 is 0 Å². The van der Waals surface area contributed by atoms with Gasteiger partial charge in [0.2, 0.25) is 5.95 Å². The average molecular weight is 402 g/mol. The molecule has 0 unspecified atom stereocenters. The minimum absolute atomic E-state index is 0.632. The van der Waals surface area contributed by atoms with Crippen molar-refractivity contribution in [1.82, 2.24) is 9.97 Å². The van der Waals surface area contributed by atoms with E-state index in [4.69, 9.17) is 0 Å². The Labute approximate surface area is 160 Å². The summed E-state index contributed by atoms with van der Waals surface area (Å²) in [6, 6.07) is 24.5. The van der Waals surface area contributed by atoms with Crippen LogP contribution < -0.4 is 4.90 Å². The Kier molecular flexibility index (Phi) is 4.75. The molecule has 0 bridgehead atoms. The largest absolute Gasteiger partial charge is 0.285 e. The molecule has 0 amide bonds. The highest BCUT2D eigenvalue weighted by atomic mass is 79.9. The molecule has 4 heteroatoms. The molecule has 0 aliphatic rings. The van der Waals surface area contributed by atoms with Gasteiger partial charge in [-0.1, -0.05) is 70.5 Å². The third-order valence-corrected chi connectivity index (χ3v) is 4.78. The summed E-state index contributed by atoms with van der Waals surface area (Å²) >= 11 is 3.64. The standard InChI is InChI=1S/C22H16BrN3/c23-20-11-12-21(19-10-5-4-9-18(19)20)26(22-24-14-6-15-25-22)16-13-17-7-2-1-3-8-17/h1-16H/b16-13+. The first-order valence-electron chi connectivity index (χ1n) is 8.30. The number of hydrogen-bond donors (Lipinski definition) is 0. The fourth-order valence-electron chi connectivity index (χ4n) is 2.85. The minimum Gasteiger partial charge on any atom is -0.285 e. The number of aromatic nitrogens is 2. The van der Waals surface area contributed by atoms with Gasteiger partial charge in [-0.05, 0) is 35.2 Å². The summed E-state index contributed by atoms with van der Waals surface area (Å²) in [5.41, 5.74) is 2.15. The van der Waals surface area contributed by atoms with Gasteiger partial charge in [0.05, 0.1) is 5.69 Å². The Bertz CT molecular complexity index is 1050. The molecule has 3 nitrogen and oxygen atoms in total. The highest BCUT2D eigenvalue weighted by Crippen LogP contribution is 2.35. The highest BCUT2D eigenvalue weighted by Gasteiger charge is 2.13. The molecule has 126 valence electrons. The lowest BCUT2D eigenvalue weighted by atomic mass is 10.1. The topological polar surface area (TPSA) is 29.0 Å². The van der Waals surface area contributed by atoms with Gasteiger partial charge in [-0.25, -0.2) is 9.97 Å². The van der Waals surface area contributed by atoms with E-state index in [0.717, 1.165) is 26.5 Å². The summed E-state index contributed by atoms with van der Waals surface area (Å²) in [7, 11) is 0. The predicted octanol–water partition coefficient (Wildman–Crippen LogP) is 6.20. The third-order valence-electron chi connectivity index (χ3n) is 4.09. The first-order chi connectivity index (χ1) is 12.8. The van der Waals surface area contributed by atoms with Crippen LogP contribution in [0.1, 0.15) is 5.56 Å². The molecular weight excluding hydrogens is 386 g/mol. The molecule has 0 atom stereocenters. The molecule has 4 rings (SSSR count). The molecule has 0 radical (unpaired) electrons. The molecule has 4 aromatic rings. The number of rotatable bonds is 4. The zero-order valence-electron chi connectivity index (χ0n) is 14.0. The zero-order chi connectivity index (χ0) is 17.8. The van der Waals surface area contributed by atoms with Crippen LogP contribution in [-0.4, -0.2) is 9.97 Å². The van der Waals surface area contributed by atoms with Crippen molar-refractivity contribution in [1.29, 1.82) is 0 Å². The molecule has 1 heterocycles. The quantitative estimate of drug-likeness (QED) is 0.407. The van der Waals surface area contributed by atoms with Crippen LogP contribution in [0, 0.1) is 0 Å². The fourth-order valence-corrected chi connectivity index (χ4v) is 3.33. The average Bonchev–Trinajstić information content (AvgIpc) is 2.71. The molecule has 1 aromatic heterocycles. The second-order valence-electron chi connectivity index (χ2n) is 5.76. The lowest BCUT2D eigenvalue weighted by Crippen LogP contribution is -2.12. The summed E-state index contributed by atoms with van der Waals surface area (Å²) in [5, 5.41) is 2.28. The van der Waals surface area contributed by atoms with E-state index < -0.39 is 0 Å². The van der Waals surface area contributed by atoms with Crippen molar-refractivity contribution in [2.45, 2.75) is 0 Å². The van der Waals surface area contributed by atoms with E-state index in [0.29, 0.717) is 5.95 Å². The van der Waals surface area contributed by atoms with E-state index in [9.17, 15) is 0 Å². The highest BCUT2D eigenvalue weighted by molar-refractivity contribution is 9.10. The summed E-state index contributed by atoms with van der Waals surface area (Å²) in [6.45, 7) is 0. The Balaban J connectivity index is 1.87. The van der Waals surface area contributed by atoms with Crippen molar-refractivity contribution in [2.75, 3.05) is 4.90 Å². The Hall–Kier alpha value is -2.98. The second kappa shape index (κ2) is 7.50. The van der Waals surface area contributed by atoms with Crippen molar-refractivity contribution in [2.24, 2.45) is 0 Å². The van der Waals surface area contributed by atoms with Crippen LogP contribution >= 0.6 is 15.9 Å². The van der Waals surface area contributed by atoms with Crippen molar-refractivity contribution in [3.8, 4) is 0 Å². The molecule has 0 fully saturated rings. The number of fused-ring (bicyclic) bond motifs is 1. The number of nitrogens with zero attached hydrogens (tertiary/aromatic N) is 3. The third kappa shape index (κ3) is 3.37. The van der Waals surface area contributed by atoms with Gasteiger partial charge in [-0.3, -0.25) is 4.90 Å². The summed E-state index contributed by atoms with van der Waals surface area (Å²) in [5.74, 6) is 0.632.